The lowest BCUT2D eigenvalue weighted by atomic mass is 10.2. The lowest BCUT2D eigenvalue weighted by molar-refractivity contribution is 0.0697. The Hall–Kier alpha value is -3.51. The number of hydrogen-bond acceptors (Lipinski definition) is 5. The van der Waals surface area contributed by atoms with Gasteiger partial charge in [0.05, 0.1) is 29.6 Å². The smallest absolute Gasteiger partial charge is 0.337 e. The molecule has 0 saturated heterocycles. The molecule has 0 unspecified atom stereocenters. The highest BCUT2D eigenvalue weighted by Gasteiger charge is 2.09. The van der Waals surface area contributed by atoms with Crippen LogP contribution in [0, 0.1) is 0 Å². The van der Waals surface area contributed by atoms with Crippen LogP contribution in [0.1, 0.15) is 21.5 Å². The Labute approximate surface area is 173 Å². The van der Waals surface area contributed by atoms with Crippen LogP contribution in [-0.4, -0.2) is 24.4 Å². The number of carbonyl (C=O) groups is 1. The number of rotatable bonds is 8. The monoisotopic (exact) mass is 410 g/mol. The average Bonchev–Trinajstić information content (AvgIpc) is 2.74. The number of carboxylic acids is 1. The van der Waals surface area contributed by atoms with Gasteiger partial charge < -0.3 is 14.6 Å². The number of nitrogens with one attached hydrogen (secondary N) is 1. The second-order valence-electron chi connectivity index (χ2n) is 6.05. The van der Waals surface area contributed by atoms with Crippen molar-refractivity contribution in [3.8, 4) is 11.5 Å². The van der Waals surface area contributed by atoms with E-state index in [-0.39, 0.29) is 10.6 Å². The van der Waals surface area contributed by atoms with Crippen molar-refractivity contribution in [2.45, 2.75) is 6.61 Å². The van der Waals surface area contributed by atoms with Crippen molar-refractivity contribution in [1.29, 1.82) is 0 Å². The summed E-state index contributed by atoms with van der Waals surface area (Å²) in [5.41, 5.74) is 5.15. The van der Waals surface area contributed by atoms with Crippen LogP contribution in [0.5, 0.6) is 11.5 Å². The van der Waals surface area contributed by atoms with Crippen LogP contribution in [0.15, 0.2) is 71.8 Å². The minimum Gasteiger partial charge on any atom is -0.493 e. The zero-order valence-corrected chi connectivity index (χ0v) is 16.4. The predicted molar refractivity (Wildman–Crippen MR) is 113 cm³/mol. The molecule has 0 bridgehead atoms. The summed E-state index contributed by atoms with van der Waals surface area (Å²) in [5.74, 6) is 0.118. The number of hydrogen-bond donors (Lipinski definition) is 2. The molecule has 0 amide bonds. The fourth-order valence-corrected chi connectivity index (χ4v) is 2.76. The van der Waals surface area contributed by atoms with Gasteiger partial charge in [-0.1, -0.05) is 41.9 Å². The summed E-state index contributed by atoms with van der Waals surface area (Å²) in [6, 6.07) is 19.9. The number of carboxylic acid groups (broad SMARTS) is 1. The zero-order chi connectivity index (χ0) is 20.6. The van der Waals surface area contributed by atoms with Crippen LogP contribution in [0.4, 0.5) is 5.69 Å². The largest absolute Gasteiger partial charge is 0.493 e. The summed E-state index contributed by atoms with van der Waals surface area (Å²) >= 11 is 5.87. The molecule has 0 aromatic heterocycles. The molecule has 0 atom stereocenters. The predicted octanol–water partition coefficient (Wildman–Crippen LogP) is 5.07. The van der Waals surface area contributed by atoms with Gasteiger partial charge in [-0.05, 0) is 47.5 Å². The first kappa shape index (κ1) is 20.2. The van der Waals surface area contributed by atoms with E-state index in [0.29, 0.717) is 23.8 Å². The van der Waals surface area contributed by atoms with Gasteiger partial charge in [0.25, 0.3) is 0 Å². The van der Waals surface area contributed by atoms with E-state index in [1.165, 1.54) is 12.1 Å². The quantitative estimate of drug-likeness (QED) is 0.400. The molecule has 0 saturated carbocycles. The number of methoxy groups -OCH3 is 1. The first-order chi connectivity index (χ1) is 14.1. The molecular formula is C22H19ClN2O4. The molecular weight excluding hydrogens is 392 g/mol. The summed E-state index contributed by atoms with van der Waals surface area (Å²) in [6.45, 7) is 0.415. The van der Waals surface area contributed by atoms with E-state index >= 15 is 0 Å². The van der Waals surface area contributed by atoms with Crippen LogP contribution < -0.4 is 14.9 Å². The van der Waals surface area contributed by atoms with E-state index in [1.54, 1.807) is 25.5 Å². The van der Waals surface area contributed by atoms with Gasteiger partial charge in [0.15, 0.2) is 11.5 Å². The molecule has 3 rings (SSSR count). The molecule has 0 spiro atoms. The maximum atomic E-state index is 11.2. The second kappa shape index (κ2) is 9.61. The highest BCUT2D eigenvalue weighted by molar-refractivity contribution is 6.33. The van der Waals surface area contributed by atoms with Gasteiger partial charge in [0.2, 0.25) is 0 Å². The Morgan fingerprint density at radius 3 is 2.62 bits per heavy atom. The van der Waals surface area contributed by atoms with Gasteiger partial charge in [-0.3, -0.25) is 5.43 Å². The first-order valence-corrected chi connectivity index (χ1v) is 9.11. The van der Waals surface area contributed by atoms with Gasteiger partial charge in [0.1, 0.15) is 6.61 Å². The van der Waals surface area contributed by atoms with Gasteiger partial charge in [-0.25, -0.2) is 4.79 Å². The van der Waals surface area contributed by atoms with Crippen molar-refractivity contribution < 1.29 is 19.4 Å². The van der Waals surface area contributed by atoms with Gasteiger partial charge in [-0.2, -0.15) is 5.10 Å². The number of nitrogens with zero attached hydrogens (tertiary/aromatic N) is 1. The molecule has 0 aliphatic carbocycles. The Morgan fingerprint density at radius 1 is 1.10 bits per heavy atom. The summed E-state index contributed by atoms with van der Waals surface area (Å²) in [6.07, 6.45) is 1.60. The topological polar surface area (TPSA) is 80.2 Å². The number of benzene rings is 3. The number of ether oxygens (including phenoxy) is 2. The molecule has 0 aliphatic rings. The summed E-state index contributed by atoms with van der Waals surface area (Å²) < 4.78 is 11.2. The number of hydrazone groups is 1. The summed E-state index contributed by atoms with van der Waals surface area (Å²) in [4.78, 5) is 11.2. The zero-order valence-electron chi connectivity index (χ0n) is 15.6. The molecule has 3 aromatic carbocycles. The minimum absolute atomic E-state index is 0.00733. The lowest BCUT2D eigenvalue weighted by Crippen LogP contribution is -2.00. The fraction of sp³-hybridized carbons (Fsp3) is 0.0909. The molecule has 148 valence electrons. The van der Waals surface area contributed by atoms with Gasteiger partial charge >= 0.3 is 5.97 Å². The average molecular weight is 411 g/mol. The normalized spacial score (nSPS) is 10.7. The van der Waals surface area contributed by atoms with Crippen LogP contribution in [0.2, 0.25) is 5.02 Å². The van der Waals surface area contributed by atoms with Crippen LogP contribution in [0.3, 0.4) is 0 Å². The van der Waals surface area contributed by atoms with E-state index in [2.05, 4.69) is 10.5 Å². The van der Waals surface area contributed by atoms with Gasteiger partial charge in [0, 0.05) is 0 Å². The molecule has 0 radical (unpaired) electrons. The summed E-state index contributed by atoms with van der Waals surface area (Å²) in [7, 11) is 1.58. The standard InChI is InChI=1S/C22H19ClN2O4/c1-28-20-10-7-16(11-21(20)29-14-15-5-3-2-4-6-15)13-24-25-17-8-9-19(23)18(12-17)22(26)27/h2-13,25H,14H2,1H3,(H,26,27)/b24-13-. The third-order valence-corrected chi connectivity index (χ3v) is 4.36. The second-order valence-corrected chi connectivity index (χ2v) is 6.46. The van der Waals surface area contributed by atoms with E-state index in [0.717, 1.165) is 11.1 Å². The van der Waals surface area contributed by atoms with Crippen molar-refractivity contribution in [3.05, 3.63) is 88.4 Å². The van der Waals surface area contributed by atoms with E-state index < -0.39 is 5.97 Å². The molecule has 29 heavy (non-hydrogen) atoms. The molecule has 6 nitrogen and oxygen atoms in total. The highest BCUT2D eigenvalue weighted by Crippen LogP contribution is 2.28. The molecule has 7 heteroatoms. The van der Waals surface area contributed by atoms with E-state index in [1.807, 2.05) is 42.5 Å². The Morgan fingerprint density at radius 2 is 1.90 bits per heavy atom. The van der Waals surface area contributed by atoms with Crippen molar-refractivity contribution >= 4 is 29.5 Å². The van der Waals surface area contributed by atoms with Gasteiger partial charge in [-0.15, -0.1) is 0 Å². The molecule has 3 aromatic rings. The lowest BCUT2D eigenvalue weighted by Gasteiger charge is -2.11. The van der Waals surface area contributed by atoms with Crippen LogP contribution >= 0.6 is 11.6 Å². The maximum Gasteiger partial charge on any atom is 0.337 e. The maximum absolute atomic E-state index is 11.2. The van der Waals surface area contributed by atoms with Crippen molar-refractivity contribution in [1.82, 2.24) is 0 Å². The van der Waals surface area contributed by atoms with Crippen molar-refractivity contribution in [2.24, 2.45) is 5.10 Å². The third-order valence-electron chi connectivity index (χ3n) is 4.03. The van der Waals surface area contributed by atoms with Crippen molar-refractivity contribution in [2.75, 3.05) is 12.5 Å². The first-order valence-electron chi connectivity index (χ1n) is 8.73. The van der Waals surface area contributed by atoms with E-state index in [4.69, 9.17) is 26.2 Å². The van der Waals surface area contributed by atoms with Crippen molar-refractivity contribution in [3.63, 3.8) is 0 Å². The summed E-state index contributed by atoms with van der Waals surface area (Å²) in [5, 5.41) is 13.4. The Balaban J connectivity index is 1.70. The highest BCUT2D eigenvalue weighted by atomic mass is 35.5. The Bertz CT molecular complexity index is 1020. The fourth-order valence-electron chi connectivity index (χ4n) is 2.56. The van der Waals surface area contributed by atoms with Crippen LogP contribution in [-0.2, 0) is 6.61 Å². The molecule has 2 N–H and O–H groups in total. The van der Waals surface area contributed by atoms with Crippen LogP contribution in [0.25, 0.3) is 0 Å². The minimum atomic E-state index is -1.10. The SMILES string of the molecule is COc1ccc(/C=N\Nc2ccc(Cl)c(C(=O)O)c2)cc1OCc1ccccc1. The number of anilines is 1. The molecule has 0 aliphatic heterocycles. The molecule has 0 heterocycles. The third kappa shape index (κ3) is 5.49. The molecule has 0 fully saturated rings. The number of halogens is 1. The van der Waals surface area contributed by atoms with E-state index in [9.17, 15) is 4.79 Å². The number of aromatic carboxylic acids is 1. The Kier molecular flexibility index (Phi) is 6.71.